The molecule has 0 radical (unpaired) electrons. The summed E-state index contributed by atoms with van der Waals surface area (Å²) in [6.45, 7) is 0.230. The van der Waals surface area contributed by atoms with Gasteiger partial charge in [0.1, 0.15) is 0 Å². The lowest BCUT2D eigenvalue weighted by Crippen LogP contribution is -2.31. The predicted molar refractivity (Wildman–Crippen MR) is 103 cm³/mol. The van der Waals surface area contributed by atoms with Gasteiger partial charge in [0.15, 0.2) is 23.6 Å². The maximum atomic E-state index is 6.05. The van der Waals surface area contributed by atoms with E-state index in [9.17, 15) is 0 Å². The number of guanidine groups is 1. The third kappa shape index (κ3) is 2.10. The average Bonchev–Trinajstić information content (AvgIpc) is 3.43. The Morgan fingerprint density at radius 3 is 2.96 bits per heavy atom. The van der Waals surface area contributed by atoms with E-state index in [1.54, 1.807) is 6.20 Å². The van der Waals surface area contributed by atoms with Crippen molar-refractivity contribution in [2.75, 3.05) is 12.1 Å². The molecule has 0 unspecified atom stereocenters. The number of nitrogens with zero attached hydrogens (tertiary/aromatic N) is 4. The minimum absolute atomic E-state index is 0.230. The smallest absolute Gasteiger partial charge is 0.231 e. The van der Waals surface area contributed by atoms with Crippen molar-refractivity contribution in [1.82, 2.24) is 19.7 Å². The van der Waals surface area contributed by atoms with E-state index in [0.29, 0.717) is 17.7 Å². The number of nitrogens with two attached hydrogens (primary N) is 1. The molecule has 9 heteroatoms. The molecule has 28 heavy (non-hydrogen) atoms. The lowest BCUT2D eigenvalue weighted by atomic mass is 10.1. The molecule has 0 saturated heterocycles. The summed E-state index contributed by atoms with van der Waals surface area (Å²) in [5, 5.41) is 10.4. The molecule has 4 N–H and O–H groups in total. The Morgan fingerprint density at radius 1 is 1.11 bits per heavy atom. The van der Waals surface area contributed by atoms with Crippen molar-refractivity contribution in [3.8, 4) is 22.8 Å². The minimum Gasteiger partial charge on any atom is -0.454 e. The number of nitrogens with one attached hydrogen (secondary N) is 2. The van der Waals surface area contributed by atoms with Gasteiger partial charge < -0.3 is 15.2 Å². The van der Waals surface area contributed by atoms with E-state index >= 15 is 0 Å². The molecule has 2 aromatic carbocycles. The Balaban J connectivity index is 1.53. The molecule has 4 aromatic rings. The third-order valence-corrected chi connectivity index (χ3v) is 4.95. The van der Waals surface area contributed by atoms with Gasteiger partial charge in [-0.25, -0.2) is 9.98 Å². The summed E-state index contributed by atoms with van der Waals surface area (Å²) < 4.78 is 12.9. The first-order chi connectivity index (χ1) is 13.8. The lowest BCUT2D eigenvalue weighted by Gasteiger charge is -2.23. The topological polar surface area (TPSA) is 115 Å². The van der Waals surface area contributed by atoms with E-state index in [0.717, 1.165) is 33.6 Å². The van der Waals surface area contributed by atoms with Crippen LogP contribution < -0.4 is 20.5 Å². The highest BCUT2D eigenvalue weighted by atomic mass is 16.7. The highest BCUT2D eigenvalue weighted by Crippen LogP contribution is 2.39. The van der Waals surface area contributed by atoms with Crippen molar-refractivity contribution in [3.63, 3.8) is 0 Å². The van der Waals surface area contributed by atoms with Crippen LogP contribution in [0.25, 0.3) is 22.3 Å². The number of para-hydroxylation sites is 2. The van der Waals surface area contributed by atoms with Crippen LogP contribution in [0.15, 0.2) is 53.7 Å². The van der Waals surface area contributed by atoms with Crippen LogP contribution in [0.5, 0.6) is 11.5 Å². The number of rotatable bonds is 2. The van der Waals surface area contributed by atoms with Crippen molar-refractivity contribution >= 4 is 22.9 Å². The molecule has 0 bridgehead atoms. The highest BCUT2D eigenvalue weighted by molar-refractivity contribution is 5.95. The summed E-state index contributed by atoms with van der Waals surface area (Å²) in [6.07, 6.45) is 1.37. The SMILES string of the molecule is NC1=N[C@H](c2cn[nH]c2-c2ccc3c(c2)OCO3)n2c(nc3ccccc32)N1. The Morgan fingerprint density at radius 2 is 2.00 bits per heavy atom. The summed E-state index contributed by atoms with van der Waals surface area (Å²) in [7, 11) is 0. The second-order valence-electron chi connectivity index (χ2n) is 6.58. The molecule has 0 fully saturated rings. The number of fused-ring (bicyclic) bond motifs is 4. The van der Waals surface area contributed by atoms with Crippen LogP contribution in [0.4, 0.5) is 5.95 Å². The van der Waals surface area contributed by atoms with Crippen molar-refractivity contribution in [3.05, 3.63) is 54.2 Å². The van der Waals surface area contributed by atoms with Crippen molar-refractivity contribution in [2.24, 2.45) is 10.7 Å². The largest absolute Gasteiger partial charge is 0.454 e. The fourth-order valence-corrected chi connectivity index (χ4v) is 3.70. The zero-order chi connectivity index (χ0) is 18.7. The van der Waals surface area contributed by atoms with Crippen LogP contribution in [-0.2, 0) is 0 Å². The zero-order valence-corrected chi connectivity index (χ0v) is 14.6. The van der Waals surface area contributed by atoms with Gasteiger partial charge in [-0.3, -0.25) is 15.0 Å². The molecular weight excluding hydrogens is 358 g/mol. The number of anilines is 1. The number of aromatic nitrogens is 4. The van der Waals surface area contributed by atoms with Gasteiger partial charge in [-0.2, -0.15) is 5.10 Å². The first-order valence-electron chi connectivity index (χ1n) is 8.78. The van der Waals surface area contributed by atoms with E-state index < -0.39 is 6.17 Å². The molecule has 9 nitrogen and oxygen atoms in total. The summed E-state index contributed by atoms with van der Waals surface area (Å²) in [5.41, 5.74) is 10.5. The maximum absolute atomic E-state index is 6.05. The Labute approximate surface area is 158 Å². The van der Waals surface area contributed by atoms with E-state index in [1.807, 2.05) is 47.0 Å². The van der Waals surface area contributed by atoms with Gasteiger partial charge in [-0.15, -0.1) is 0 Å². The standard InChI is InChI=1S/C19H15N7O2/c20-18-23-17(26-13-4-2-1-3-12(13)22-19(26)24-18)11-8-21-25-16(11)10-5-6-14-15(7-10)28-9-27-14/h1-8,17H,9H2,(H,21,25)(H3,20,22,23,24)/t17-/m0/s1. The predicted octanol–water partition coefficient (Wildman–Crippen LogP) is 2.44. The second kappa shape index (κ2) is 5.49. The van der Waals surface area contributed by atoms with E-state index in [-0.39, 0.29) is 6.79 Å². The normalized spacial score (nSPS) is 17.3. The molecule has 1 atom stereocenters. The Kier molecular flexibility index (Phi) is 2.96. The van der Waals surface area contributed by atoms with Gasteiger partial charge in [0, 0.05) is 11.1 Å². The van der Waals surface area contributed by atoms with E-state index in [4.69, 9.17) is 15.2 Å². The first-order valence-corrected chi connectivity index (χ1v) is 8.78. The molecule has 2 aliphatic rings. The molecule has 2 aromatic heterocycles. The second-order valence-corrected chi connectivity index (χ2v) is 6.58. The molecular formula is C19H15N7O2. The van der Waals surface area contributed by atoms with Crippen molar-refractivity contribution in [1.29, 1.82) is 0 Å². The average molecular weight is 373 g/mol. The van der Waals surface area contributed by atoms with Crippen LogP contribution >= 0.6 is 0 Å². The van der Waals surface area contributed by atoms with Gasteiger partial charge in [0.2, 0.25) is 12.7 Å². The van der Waals surface area contributed by atoms with Crippen molar-refractivity contribution < 1.29 is 9.47 Å². The van der Waals surface area contributed by atoms with E-state index in [2.05, 4.69) is 25.5 Å². The number of hydrogen-bond acceptors (Lipinski definition) is 7. The van der Waals surface area contributed by atoms with Gasteiger partial charge >= 0.3 is 0 Å². The zero-order valence-electron chi connectivity index (χ0n) is 14.6. The molecule has 2 aliphatic heterocycles. The molecule has 0 amide bonds. The lowest BCUT2D eigenvalue weighted by molar-refractivity contribution is 0.174. The third-order valence-electron chi connectivity index (χ3n) is 4.95. The number of ether oxygens (including phenoxy) is 2. The fourth-order valence-electron chi connectivity index (χ4n) is 3.70. The number of imidazole rings is 1. The number of H-pyrrole nitrogens is 1. The Hall–Kier alpha value is -4.01. The van der Waals surface area contributed by atoms with Gasteiger partial charge in [-0.05, 0) is 30.3 Å². The monoisotopic (exact) mass is 373 g/mol. The summed E-state index contributed by atoms with van der Waals surface area (Å²) in [6, 6.07) is 13.7. The summed E-state index contributed by atoms with van der Waals surface area (Å²) >= 11 is 0. The van der Waals surface area contributed by atoms with Crippen LogP contribution in [0.1, 0.15) is 11.7 Å². The molecule has 6 rings (SSSR count). The minimum atomic E-state index is -0.400. The first kappa shape index (κ1) is 15.1. The van der Waals surface area contributed by atoms with E-state index in [1.165, 1.54) is 0 Å². The summed E-state index contributed by atoms with van der Waals surface area (Å²) in [5.74, 6) is 2.40. The van der Waals surface area contributed by atoms with Crippen molar-refractivity contribution in [2.45, 2.75) is 6.17 Å². The van der Waals surface area contributed by atoms with Crippen LogP contribution in [0, 0.1) is 0 Å². The number of benzene rings is 2. The summed E-state index contributed by atoms with van der Waals surface area (Å²) in [4.78, 5) is 9.27. The number of aliphatic imine (C=N–C) groups is 1. The molecule has 0 saturated carbocycles. The Bertz CT molecular complexity index is 1260. The molecule has 4 heterocycles. The van der Waals surface area contributed by atoms with Gasteiger partial charge in [-0.1, -0.05) is 12.1 Å². The quantitative estimate of drug-likeness (QED) is 0.497. The number of hydrogen-bond donors (Lipinski definition) is 3. The van der Waals surface area contributed by atoms with Gasteiger partial charge in [0.25, 0.3) is 0 Å². The number of aromatic amines is 1. The molecule has 0 aliphatic carbocycles. The maximum Gasteiger partial charge on any atom is 0.231 e. The van der Waals surface area contributed by atoms with Crippen LogP contribution in [-0.4, -0.2) is 32.5 Å². The van der Waals surface area contributed by atoms with Crippen LogP contribution in [0.2, 0.25) is 0 Å². The van der Waals surface area contributed by atoms with Crippen LogP contribution in [0.3, 0.4) is 0 Å². The fraction of sp³-hybridized carbons (Fsp3) is 0.105. The molecule has 138 valence electrons. The van der Waals surface area contributed by atoms with Gasteiger partial charge in [0.05, 0.1) is 22.9 Å². The molecule has 0 spiro atoms. The highest BCUT2D eigenvalue weighted by Gasteiger charge is 2.28.